The van der Waals surface area contributed by atoms with Crippen LogP contribution in [0.15, 0.2) is 21.4 Å². The molecule has 0 atom stereocenters. The fourth-order valence-corrected chi connectivity index (χ4v) is 3.87. The molecule has 2 rings (SSSR count). The van der Waals surface area contributed by atoms with E-state index in [1.54, 1.807) is 22.7 Å². The van der Waals surface area contributed by atoms with E-state index in [1.165, 1.54) is 14.2 Å². The Bertz CT molecular complexity index is 464. The van der Waals surface area contributed by atoms with E-state index < -0.39 is 0 Å². The lowest BCUT2D eigenvalue weighted by Crippen LogP contribution is -2.16. The topological polar surface area (TPSA) is 16.1 Å². The van der Waals surface area contributed by atoms with Crippen molar-refractivity contribution in [2.24, 2.45) is 0 Å². The Labute approximate surface area is 112 Å². The van der Waals surface area contributed by atoms with E-state index in [-0.39, 0.29) is 0 Å². The molecule has 0 spiro atoms. The molecule has 0 N–H and O–H groups in total. The van der Waals surface area contributed by atoms with Gasteiger partial charge in [-0.15, -0.1) is 22.7 Å². The number of aryl methyl sites for hydroxylation is 1. The molecule has 2 aromatic heterocycles. The van der Waals surface area contributed by atoms with Gasteiger partial charge in [-0.05, 0) is 36.0 Å². The van der Waals surface area contributed by atoms with Gasteiger partial charge in [-0.25, -0.2) is 4.98 Å². The molecule has 86 valence electrons. The summed E-state index contributed by atoms with van der Waals surface area (Å²) in [6.45, 7) is 4.04. The quantitative estimate of drug-likeness (QED) is 0.850. The van der Waals surface area contributed by atoms with Crippen molar-refractivity contribution in [3.8, 4) is 0 Å². The molecule has 0 unspecified atom stereocenters. The van der Waals surface area contributed by atoms with E-state index in [4.69, 9.17) is 0 Å². The molecule has 0 fully saturated rings. The highest BCUT2D eigenvalue weighted by Gasteiger charge is 2.07. The number of nitrogens with zero attached hydrogens (tertiary/aromatic N) is 2. The lowest BCUT2D eigenvalue weighted by atomic mass is 10.3. The summed E-state index contributed by atoms with van der Waals surface area (Å²) >= 11 is 7.01. The number of hydrogen-bond donors (Lipinski definition) is 0. The predicted molar refractivity (Wildman–Crippen MR) is 74.0 cm³/mol. The molecule has 0 aliphatic rings. The zero-order chi connectivity index (χ0) is 11.5. The van der Waals surface area contributed by atoms with E-state index >= 15 is 0 Å². The highest BCUT2D eigenvalue weighted by atomic mass is 79.9. The Morgan fingerprint density at radius 1 is 1.38 bits per heavy atom. The first-order valence-corrected chi connectivity index (χ1v) is 7.51. The minimum absolute atomic E-state index is 0.978. The molecule has 0 saturated heterocycles. The van der Waals surface area contributed by atoms with Crippen LogP contribution in [0.3, 0.4) is 0 Å². The van der Waals surface area contributed by atoms with Crippen molar-refractivity contribution in [1.82, 2.24) is 9.88 Å². The van der Waals surface area contributed by atoms with Crippen LogP contribution in [0.5, 0.6) is 0 Å². The van der Waals surface area contributed by atoms with Gasteiger partial charge < -0.3 is 0 Å². The Morgan fingerprint density at radius 2 is 2.19 bits per heavy atom. The SMILES string of the molecule is Cc1ncsc1CN(C)Cc1cc(Br)cs1. The van der Waals surface area contributed by atoms with Gasteiger partial charge >= 0.3 is 0 Å². The molecule has 0 radical (unpaired) electrons. The number of aromatic nitrogens is 1. The summed E-state index contributed by atoms with van der Waals surface area (Å²) < 4.78 is 1.18. The number of rotatable bonds is 4. The van der Waals surface area contributed by atoms with Gasteiger partial charge in [0.2, 0.25) is 0 Å². The summed E-state index contributed by atoms with van der Waals surface area (Å²) in [6.07, 6.45) is 0. The van der Waals surface area contributed by atoms with Gasteiger partial charge in [-0.1, -0.05) is 0 Å². The average molecular weight is 317 g/mol. The number of thiophene rings is 1. The summed E-state index contributed by atoms with van der Waals surface area (Å²) in [4.78, 5) is 9.33. The molecule has 5 heteroatoms. The van der Waals surface area contributed by atoms with Crippen LogP contribution >= 0.6 is 38.6 Å². The Balaban J connectivity index is 1.94. The van der Waals surface area contributed by atoms with E-state index in [0.717, 1.165) is 18.8 Å². The van der Waals surface area contributed by atoms with E-state index in [0.29, 0.717) is 0 Å². The molecular weight excluding hydrogens is 304 g/mol. The van der Waals surface area contributed by atoms with Gasteiger partial charge in [0.15, 0.2) is 0 Å². The lowest BCUT2D eigenvalue weighted by molar-refractivity contribution is 0.324. The smallest absolute Gasteiger partial charge is 0.0798 e. The van der Waals surface area contributed by atoms with Gasteiger partial charge in [0.05, 0.1) is 11.2 Å². The van der Waals surface area contributed by atoms with Gasteiger partial charge in [0.1, 0.15) is 0 Å². The predicted octanol–water partition coefficient (Wildman–Crippen LogP) is 3.91. The van der Waals surface area contributed by atoms with E-state index in [1.807, 2.05) is 5.51 Å². The van der Waals surface area contributed by atoms with Crippen LogP contribution in [0.4, 0.5) is 0 Å². The van der Waals surface area contributed by atoms with E-state index in [2.05, 4.69) is 51.2 Å². The molecule has 0 bridgehead atoms. The Hall–Kier alpha value is -0.230. The highest BCUT2D eigenvalue weighted by Crippen LogP contribution is 2.22. The standard InChI is InChI=1S/C11H13BrN2S2/c1-8-11(16-7-13-8)5-14(2)4-10-3-9(12)6-15-10/h3,6-7H,4-5H2,1-2H3. The molecule has 2 heterocycles. The summed E-state index contributed by atoms with van der Waals surface area (Å²) in [5.41, 5.74) is 3.07. The zero-order valence-corrected chi connectivity index (χ0v) is 12.5. The second-order valence-corrected chi connectivity index (χ2v) is 6.62. The normalized spacial score (nSPS) is 11.2. The van der Waals surface area contributed by atoms with Gasteiger partial charge in [0, 0.05) is 32.7 Å². The molecule has 0 aliphatic heterocycles. The van der Waals surface area contributed by atoms with Gasteiger partial charge in [-0.3, -0.25) is 4.90 Å². The number of halogens is 1. The van der Waals surface area contributed by atoms with E-state index in [9.17, 15) is 0 Å². The number of thiazole rings is 1. The maximum Gasteiger partial charge on any atom is 0.0798 e. The van der Waals surface area contributed by atoms with Crippen LogP contribution in [-0.4, -0.2) is 16.9 Å². The maximum absolute atomic E-state index is 4.27. The molecular formula is C11H13BrN2S2. The van der Waals surface area contributed by atoms with Crippen LogP contribution in [0.2, 0.25) is 0 Å². The summed E-state index contributed by atoms with van der Waals surface area (Å²) in [6, 6.07) is 2.18. The second-order valence-electron chi connectivity index (χ2n) is 3.76. The molecule has 0 saturated carbocycles. The first kappa shape index (κ1) is 12.2. The van der Waals surface area contributed by atoms with Crippen molar-refractivity contribution in [3.05, 3.63) is 36.9 Å². The molecule has 2 aromatic rings. The zero-order valence-electron chi connectivity index (χ0n) is 9.24. The van der Waals surface area contributed by atoms with Crippen LogP contribution in [-0.2, 0) is 13.1 Å². The van der Waals surface area contributed by atoms with Crippen molar-refractivity contribution < 1.29 is 0 Å². The summed E-state index contributed by atoms with van der Waals surface area (Å²) in [5.74, 6) is 0. The largest absolute Gasteiger partial charge is 0.296 e. The summed E-state index contributed by atoms with van der Waals surface area (Å²) in [7, 11) is 2.15. The molecule has 0 amide bonds. The first-order chi connectivity index (χ1) is 7.65. The van der Waals surface area contributed by atoms with Gasteiger partial charge in [-0.2, -0.15) is 0 Å². The van der Waals surface area contributed by atoms with Crippen molar-refractivity contribution in [2.45, 2.75) is 20.0 Å². The third-order valence-electron chi connectivity index (χ3n) is 2.31. The highest BCUT2D eigenvalue weighted by molar-refractivity contribution is 9.10. The van der Waals surface area contributed by atoms with Crippen LogP contribution in [0.1, 0.15) is 15.4 Å². The van der Waals surface area contributed by atoms with Crippen molar-refractivity contribution in [3.63, 3.8) is 0 Å². The van der Waals surface area contributed by atoms with Crippen molar-refractivity contribution in [1.29, 1.82) is 0 Å². The minimum atomic E-state index is 0.978. The summed E-state index contributed by atoms with van der Waals surface area (Å²) in [5, 5.41) is 2.13. The molecule has 0 aliphatic carbocycles. The maximum atomic E-state index is 4.27. The fourth-order valence-electron chi connectivity index (χ4n) is 1.48. The third kappa shape index (κ3) is 3.13. The van der Waals surface area contributed by atoms with Crippen molar-refractivity contribution in [2.75, 3.05) is 7.05 Å². The Kier molecular flexibility index (Phi) is 4.13. The first-order valence-electron chi connectivity index (χ1n) is 4.95. The van der Waals surface area contributed by atoms with Crippen LogP contribution in [0.25, 0.3) is 0 Å². The van der Waals surface area contributed by atoms with Crippen LogP contribution in [0, 0.1) is 6.92 Å². The van der Waals surface area contributed by atoms with Gasteiger partial charge in [0.25, 0.3) is 0 Å². The second kappa shape index (κ2) is 5.40. The lowest BCUT2D eigenvalue weighted by Gasteiger charge is -2.14. The Morgan fingerprint density at radius 3 is 2.75 bits per heavy atom. The third-order valence-corrected chi connectivity index (χ3v) is 4.91. The molecule has 0 aromatic carbocycles. The van der Waals surface area contributed by atoms with Crippen molar-refractivity contribution >= 4 is 38.6 Å². The number of hydrogen-bond acceptors (Lipinski definition) is 4. The van der Waals surface area contributed by atoms with Crippen LogP contribution < -0.4 is 0 Å². The molecule has 2 nitrogen and oxygen atoms in total. The molecule has 16 heavy (non-hydrogen) atoms. The minimum Gasteiger partial charge on any atom is -0.296 e. The fraction of sp³-hybridized carbons (Fsp3) is 0.364. The average Bonchev–Trinajstić information content (AvgIpc) is 2.77. The monoisotopic (exact) mass is 316 g/mol.